The topological polar surface area (TPSA) is 12.0 Å². The zero-order valence-electron chi connectivity index (χ0n) is 9.51. The van der Waals surface area contributed by atoms with E-state index in [1.807, 2.05) is 6.07 Å². The van der Waals surface area contributed by atoms with E-state index in [1.165, 1.54) is 37.7 Å². The molecule has 0 radical (unpaired) electrons. The second kappa shape index (κ2) is 4.08. The molecular formula is C14H18FN. The predicted molar refractivity (Wildman–Crippen MR) is 64.2 cm³/mol. The number of halogens is 1. The molecule has 86 valence electrons. The first-order valence-electron chi connectivity index (χ1n) is 6.38. The maximum absolute atomic E-state index is 13.6. The fourth-order valence-corrected chi connectivity index (χ4v) is 3.32. The van der Waals surface area contributed by atoms with Gasteiger partial charge in [0.25, 0.3) is 0 Å². The van der Waals surface area contributed by atoms with Gasteiger partial charge in [0.15, 0.2) is 0 Å². The molecule has 0 aromatic heterocycles. The van der Waals surface area contributed by atoms with Crippen molar-refractivity contribution in [3.63, 3.8) is 0 Å². The van der Waals surface area contributed by atoms with E-state index in [4.69, 9.17) is 0 Å². The molecule has 3 rings (SSSR count). The molecule has 2 aliphatic rings. The molecule has 1 unspecified atom stereocenters. The zero-order chi connectivity index (χ0) is 11.0. The van der Waals surface area contributed by atoms with Crippen LogP contribution >= 0.6 is 0 Å². The van der Waals surface area contributed by atoms with Gasteiger partial charge in [-0.1, -0.05) is 31.4 Å². The second-order valence-corrected chi connectivity index (χ2v) is 5.09. The Bertz CT molecular complexity index is 382. The third-order valence-electron chi connectivity index (χ3n) is 4.16. The minimum atomic E-state index is -0.0872. The summed E-state index contributed by atoms with van der Waals surface area (Å²) in [6.45, 7) is 0.931. The van der Waals surface area contributed by atoms with Crippen molar-refractivity contribution < 1.29 is 4.39 Å². The van der Waals surface area contributed by atoms with Crippen LogP contribution in [0.5, 0.6) is 0 Å². The fraction of sp³-hybridized carbons (Fsp3) is 0.571. The highest BCUT2D eigenvalue weighted by Crippen LogP contribution is 2.42. The minimum Gasteiger partial charge on any atom is -0.382 e. The van der Waals surface area contributed by atoms with E-state index < -0.39 is 0 Å². The summed E-state index contributed by atoms with van der Waals surface area (Å²) in [6.07, 6.45) is 6.73. The van der Waals surface area contributed by atoms with Gasteiger partial charge in [0, 0.05) is 12.5 Å². The van der Waals surface area contributed by atoms with Crippen molar-refractivity contribution >= 4 is 5.69 Å². The molecule has 1 atom stereocenters. The summed E-state index contributed by atoms with van der Waals surface area (Å²) in [6, 6.07) is 5.49. The largest absolute Gasteiger partial charge is 0.382 e. The molecule has 1 saturated carbocycles. The maximum Gasteiger partial charge on any atom is 0.146 e. The monoisotopic (exact) mass is 219 g/mol. The summed E-state index contributed by atoms with van der Waals surface area (Å²) in [5.74, 6) is 1.23. The number of hydrogen-bond donors (Lipinski definition) is 1. The average molecular weight is 219 g/mol. The Morgan fingerprint density at radius 2 is 1.94 bits per heavy atom. The first kappa shape index (κ1) is 10.1. The number of hydrogen-bond acceptors (Lipinski definition) is 1. The first-order chi connectivity index (χ1) is 7.86. The van der Waals surface area contributed by atoms with Crippen LogP contribution in [0.15, 0.2) is 18.2 Å². The highest BCUT2D eigenvalue weighted by atomic mass is 19.1. The van der Waals surface area contributed by atoms with Crippen LogP contribution in [-0.4, -0.2) is 6.54 Å². The Labute approximate surface area is 96.1 Å². The van der Waals surface area contributed by atoms with Crippen LogP contribution in [0.1, 0.15) is 43.6 Å². The van der Waals surface area contributed by atoms with Crippen LogP contribution in [0.4, 0.5) is 10.1 Å². The number of benzene rings is 1. The van der Waals surface area contributed by atoms with Crippen molar-refractivity contribution in [1.29, 1.82) is 0 Å². The summed E-state index contributed by atoms with van der Waals surface area (Å²) in [5.41, 5.74) is 1.98. The summed E-state index contributed by atoms with van der Waals surface area (Å²) in [4.78, 5) is 0. The summed E-state index contributed by atoms with van der Waals surface area (Å²) in [7, 11) is 0. The van der Waals surface area contributed by atoms with Gasteiger partial charge in [0.1, 0.15) is 5.82 Å². The van der Waals surface area contributed by atoms with Crippen molar-refractivity contribution in [2.24, 2.45) is 5.92 Å². The lowest BCUT2D eigenvalue weighted by Crippen LogP contribution is -2.17. The summed E-state index contributed by atoms with van der Waals surface area (Å²) < 4.78 is 13.6. The molecule has 0 bridgehead atoms. The smallest absolute Gasteiger partial charge is 0.146 e. The molecule has 1 N–H and O–H groups in total. The molecule has 2 heteroatoms. The zero-order valence-corrected chi connectivity index (χ0v) is 9.51. The molecule has 1 aliphatic carbocycles. The normalized spacial score (nSPS) is 25.2. The number of nitrogens with one attached hydrogen (secondary N) is 1. The molecule has 1 aromatic carbocycles. The first-order valence-corrected chi connectivity index (χ1v) is 6.38. The van der Waals surface area contributed by atoms with Gasteiger partial charge in [-0.05, 0) is 30.4 Å². The lowest BCUT2D eigenvalue weighted by Gasteiger charge is -2.27. The molecule has 16 heavy (non-hydrogen) atoms. The van der Waals surface area contributed by atoms with E-state index in [9.17, 15) is 4.39 Å². The van der Waals surface area contributed by atoms with Crippen molar-refractivity contribution in [1.82, 2.24) is 0 Å². The molecule has 1 nitrogen and oxygen atoms in total. The summed E-state index contributed by atoms with van der Waals surface area (Å²) >= 11 is 0. The third-order valence-corrected chi connectivity index (χ3v) is 4.16. The second-order valence-electron chi connectivity index (χ2n) is 5.09. The predicted octanol–water partition coefficient (Wildman–Crippen LogP) is 3.92. The molecular weight excluding hydrogens is 201 g/mol. The SMILES string of the molecule is Fc1cccc2c1NCC2C1CCCCC1. The van der Waals surface area contributed by atoms with Crippen LogP contribution in [-0.2, 0) is 0 Å². The van der Waals surface area contributed by atoms with Gasteiger partial charge in [-0.3, -0.25) is 0 Å². The van der Waals surface area contributed by atoms with Gasteiger partial charge in [-0.15, -0.1) is 0 Å². The Morgan fingerprint density at radius 3 is 2.75 bits per heavy atom. The van der Waals surface area contributed by atoms with E-state index in [0.29, 0.717) is 5.92 Å². The molecule has 1 fully saturated rings. The molecule has 0 saturated heterocycles. The van der Waals surface area contributed by atoms with Gasteiger partial charge in [-0.2, -0.15) is 0 Å². The third kappa shape index (κ3) is 1.60. The molecule has 1 aromatic rings. The van der Waals surface area contributed by atoms with Gasteiger partial charge in [0.05, 0.1) is 5.69 Å². The van der Waals surface area contributed by atoms with Crippen molar-refractivity contribution in [2.45, 2.75) is 38.0 Å². The van der Waals surface area contributed by atoms with Crippen molar-refractivity contribution in [3.8, 4) is 0 Å². The minimum absolute atomic E-state index is 0.0872. The average Bonchev–Trinajstić information content (AvgIpc) is 2.75. The standard InChI is InChI=1S/C14H18FN/c15-13-8-4-7-11-12(9-16-14(11)13)10-5-2-1-3-6-10/h4,7-8,10,12,16H,1-3,5-6,9H2. The molecule has 0 spiro atoms. The lowest BCUT2D eigenvalue weighted by atomic mass is 9.78. The number of para-hydroxylation sites is 1. The van der Waals surface area contributed by atoms with E-state index >= 15 is 0 Å². The Morgan fingerprint density at radius 1 is 1.12 bits per heavy atom. The van der Waals surface area contributed by atoms with E-state index in [2.05, 4.69) is 11.4 Å². The van der Waals surface area contributed by atoms with Crippen molar-refractivity contribution in [2.75, 3.05) is 11.9 Å². The Balaban J connectivity index is 1.87. The van der Waals surface area contributed by atoms with Gasteiger partial charge in [-0.25, -0.2) is 4.39 Å². The highest BCUT2D eigenvalue weighted by Gasteiger charge is 2.31. The molecule has 1 aliphatic heterocycles. The lowest BCUT2D eigenvalue weighted by molar-refractivity contribution is 0.316. The van der Waals surface area contributed by atoms with E-state index in [-0.39, 0.29) is 5.82 Å². The van der Waals surface area contributed by atoms with Crippen LogP contribution in [0.3, 0.4) is 0 Å². The highest BCUT2D eigenvalue weighted by molar-refractivity contribution is 5.58. The van der Waals surface area contributed by atoms with E-state index in [0.717, 1.165) is 18.2 Å². The molecule has 0 amide bonds. The van der Waals surface area contributed by atoms with Crippen LogP contribution < -0.4 is 5.32 Å². The Kier molecular flexibility index (Phi) is 2.58. The number of rotatable bonds is 1. The number of fused-ring (bicyclic) bond motifs is 1. The van der Waals surface area contributed by atoms with Crippen molar-refractivity contribution in [3.05, 3.63) is 29.6 Å². The Hall–Kier alpha value is -1.05. The van der Waals surface area contributed by atoms with Crippen LogP contribution in [0, 0.1) is 11.7 Å². The van der Waals surface area contributed by atoms with Gasteiger partial charge in [0.2, 0.25) is 0 Å². The molecule has 1 heterocycles. The van der Waals surface area contributed by atoms with E-state index in [1.54, 1.807) is 6.07 Å². The fourth-order valence-electron chi connectivity index (χ4n) is 3.32. The quantitative estimate of drug-likeness (QED) is 0.755. The van der Waals surface area contributed by atoms with Crippen LogP contribution in [0.2, 0.25) is 0 Å². The summed E-state index contributed by atoms with van der Waals surface area (Å²) in [5, 5.41) is 3.24. The van der Waals surface area contributed by atoms with Gasteiger partial charge >= 0.3 is 0 Å². The number of anilines is 1. The van der Waals surface area contributed by atoms with Crippen LogP contribution in [0.25, 0.3) is 0 Å². The van der Waals surface area contributed by atoms with Gasteiger partial charge < -0.3 is 5.32 Å². The maximum atomic E-state index is 13.6.